The molecule has 1 aromatic heterocycles. The van der Waals surface area contributed by atoms with Gasteiger partial charge in [0.25, 0.3) is 5.91 Å². The van der Waals surface area contributed by atoms with E-state index in [-0.39, 0.29) is 5.91 Å². The monoisotopic (exact) mass is 377 g/mol. The Morgan fingerprint density at radius 2 is 1.78 bits per heavy atom. The molecule has 4 heterocycles. The maximum atomic E-state index is 12.6. The molecule has 1 spiro atoms. The second-order valence-electron chi connectivity index (χ2n) is 7.08. The highest BCUT2D eigenvalue weighted by molar-refractivity contribution is 5.92. The maximum absolute atomic E-state index is 12.6. The fourth-order valence-electron chi connectivity index (χ4n) is 3.71. The lowest BCUT2D eigenvalue weighted by atomic mass is 10.0. The lowest BCUT2D eigenvalue weighted by molar-refractivity contribution is -0.181. The minimum absolute atomic E-state index is 0.0878. The number of piperidine rings is 1. The molecule has 3 fully saturated rings. The fourth-order valence-corrected chi connectivity index (χ4v) is 3.71. The molecule has 0 bridgehead atoms. The van der Waals surface area contributed by atoms with E-state index in [1.807, 2.05) is 6.07 Å². The molecular formula is C18H27N5O4. The standard InChI is InChI=1S/C18H27N5O4/c24-17(23-6-3-18(4-7-23)26-13-14-27-18)15-1-2-16(21-20-15)19-5-8-22-9-11-25-12-10-22/h1-2H,3-14H2,(H,19,21). The SMILES string of the molecule is O=C(c1ccc(NCCN2CCOCC2)nn1)N1CCC2(CC1)OCCO2. The Morgan fingerprint density at radius 3 is 2.44 bits per heavy atom. The van der Waals surface area contributed by atoms with Gasteiger partial charge in [0, 0.05) is 52.1 Å². The first kappa shape index (κ1) is 18.5. The Morgan fingerprint density at radius 1 is 1.04 bits per heavy atom. The zero-order valence-corrected chi connectivity index (χ0v) is 15.6. The van der Waals surface area contributed by atoms with Gasteiger partial charge in [0.15, 0.2) is 11.5 Å². The molecule has 0 radical (unpaired) electrons. The molecule has 1 amide bonds. The van der Waals surface area contributed by atoms with Crippen molar-refractivity contribution in [2.75, 3.05) is 71.0 Å². The van der Waals surface area contributed by atoms with Crippen LogP contribution in [0.5, 0.6) is 0 Å². The zero-order valence-electron chi connectivity index (χ0n) is 15.6. The lowest BCUT2D eigenvalue weighted by Crippen LogP contribution is -2.47. The minimum atomic E-state index is -0.475. The van der Waals surface area contributed by atoms with Crippen molar-refractivity contribution in [2.45, 2.75) is 18.6 Å². The summed E-state index contributed by atoms with van der Waals surface area (Å²) in [5, 5.41) is 11.5. The summed E-state index contributed by atoms with van der Waals surface area (Å²) in [5.74, 6) is 0.122. The van der Waals surface area contributed by atoms with E-state index in [0.29, 0.717) is 50.7 Å². The number of carbonyl (C=O) groups excluding carboxylic acids is 1. The quantitative estimate of drug-likeness (QED) is 0.779. The molecular weight excluding hydrogens is 350 g/mol. The summed E-state index contributed by atoms with van der Waals surface area (Å²) in [6, 6.07) is 3.55. The first-order chi connectivity index (χ1) is 13.2. The fraction of sp³-hybridized carbons (Fsp3) is 0.722. The van der Waals surface area contributed by atoms with Crippen LogP contribution in [0.2, 0.25) is 0 Å². The van der Waals surface area contributed by atoms with Gasteiger partial charge in [0.2, 0.25) is 0 Å². The number of carbonyl (C=O) groups is 1. The van der Waals surface area contributed by atoms with Crippen LogP contribution in [0.1, 0.15) is 23.3 Å². The van der Waals surface area contributed by atoms with E-state index in [2.05, 4.69) is 20.4 Å². The van der Waals surface area contributed by atoms with Crippen molar-refractivity contribution in [1.82, 2.24) is 20.0 Å². The number of hydrogen-bond acceptors (Lipinski definition) is 8. The molecule has 27 heavy (non-hydrogen) atoms. The molecule has 0 atom stereocenters. The highest BCUT2D eigenvalue weighted by Gasteiger charge is 2.41. The van der Waals surface area contributed by atoms with Crippen LogP contribution in [-0.2, 0) is 14.2 Å². The minimum Gasteiger partial charge on any atom is -0.379 e. The maximum Gasteiger partial charge on any atom is 0.274 e. The summed E-state index contributed by atoms with van der Waals surface area (Å²) in [4.78, 5) is 16.8. The van der Waals surface area contributed by atoms with Gasteiger partial charge in [-0.15, -0.1) is 10.2 Å². The van der Waals surface area contributed by atoms with Crippen LogP contribution in [0.3, 0.4) is 0 Å². The number of hydrogen-bond donors (Lipinski definition) is 1. The molecule has 1 aromatic rings. The third kappa shape index (κ3) is 4.55. The smallest absolute Gasteiger partial charge is 0.274 e. The van der Waals surface area contributed by atoms with E-state index in [1.165, 1.54) is 0 Å². The molecule has 9 nitrogen and oxygen atoms in total. The first-order valence-electron chi connectivity index (χ1n) is 9.69. The van der Waals surface area contributed by atoms with E-state index in [9.17, 15) is 4.79 Å². The van der Waals surface area contributed by atoms with E-state index < -0.39 is 5.79 Å². The molecule has 4 rings (SSSR count). The molecule has 0 unspecified atom stereocenters. The highest BCUT2D eigenvalue weighted by atomic mass is 16.7. The predicted octanol–water partition coefficient (Wildman–Crippen LogP) is 0.200. The van der Waals surface area contributed by atoms with Gasteiger partial charge >= 0.3 is 0 Å². The van der Waals surface area contributed by atoms with Gasteiger partial charge in [-0.1, -0.05) is 0 Å². The lowest BCUT2D eigenvalue weighted by Gasteiger charge is -2.37. The van der Waals surface area contributed by atoms with Gasteiger partial charge < -0.3 is 24.4 Å². The second-order valence-corrected chi connectivity index (χ2v) is 7.08. The number of likely N-dealkylation sites (tertiary alicyclic amines) is 1. The Balaban J connectivity index is 1.24. The largest absolute Gasteiger partial charge is 0.379 e. The van der Waals surface area contributed by atoms with Gasteiger partial charge in [0.1, 0.15) is 5.82 Å². The number of ether oxygens (including phenoxy) is 3. The zero-order chi connectivity index (χ0) is 18.5. The van der Waals surface area contributed by atoms with Gasteiger partial charge in [-0.2, -0.15) is 0 Å². The van der Waals surface area contributed by atoms with Crippen molar-refractivity contribution in [3.05, 3.63) is 17.8 Å². The number of aromatic nitrogens is 2. The van der Waals surface area contributed by atoms with Crippen LogP contribution < -0.4 is 5.32 Å². The molecule has 3 aliphatic rings. The van der Waals surface area contributed by atoms with Crippen molar-refractivity contribution in [1.29, 1.82) is 0 Å². The first-order valence-corrected chi connectivity index (χ1v) is 9.69. The van der Waals surface area contributed by atoms with Crippen molar-refractivity contribution in [3.63, 3.8) is 0 Å². The summed E-state index contributed by atoms with van der Waals surface area (Å²) < 4.78 is 16.8. The number of nitrogens with zero attached hydrogens (tertiary/aromatic N) is 4. The van der Waals surface area contributed by atoms with Crippen LogP contribution >= 0.6 is 0 Å². The van der Waals surface area contributed by atoms with Crippen molar-refractivity contribution >= 4 is 11.7 Å². The third-order valence-corrected chi connectivity index (χ3v) is 5.35. The molecule has 9 heteroatoms. The van der Waals surface area contributed by atoms with Crippen molar-refractivity contribution in [2.24, 2.45) is 0 Å². The molecule has 0 aliphatic carbocycles. The Labute approximate surface area is 159 Å². The Bertz CT molecular complexity index is 619. The average Bonchev–Trinajstić information content (AvgIpc) is 3.17. The van der Waals surface area contributed by atoms with Gasteiger partial charge in [0.05, 0.1) is 26.4 Å². The molecule has 1 N–H and O–H groups in total. The van der Waals surface area contributed by atoms with Crippen LogP contribution in [0.4, 0.5) is 5.82 Å². The summed E-state index contributed by atoms with van der Waals surface area (Å²) >= 11 is 0. The topological polar surface area (TPSA) is 89.1 Å². The number of morpholine rings is 1. The molecule has 3 aliphatic heterocycles. The Kier molecular flexibility index (Phi) is 5.82. The van der Waals surface area contributed by atoms with Crippen molar-refractivity contribution in [3.8, 4) is 0 Å². The summed E-state index contributed by atoms with van der Waals surface area (Å²) in [5.41, 5.74) is 0.373. The third-order valence-electron chi connectivity index (χ3n) is 5.35. The number of anilines is 1. The van der Waals surface area contributed by atoms with E-state index in [0.717, 1.165) is 39.4 Å². The van der Waals surface area contributed by atoms with E-state index >= 15 is 0 Å². The highest BCUT2D eigenvalue weighted by Crippen LogP contribution is 2.31. The number of nitrogens with one attached hydrogen (secondary N) is 1. The molecule has 148 valence electrons. The van der Waals surface area contributed by atoms with Gasteiger partial charge in [-0.05, 0) is 12.1 Å². The summed E-state index contributed by atoms with van der Waals surface area (Å²) in [6.07, 6.45) is 1.40. The molecule has 3 saturated heterocycles. The molecule has 0 aromatic carbocycles. The van der Waals surface area contributed by atoms with Crippen molar-refractivity contribution < 1.29 is 19.0 Å². The number of rotatable bonds is 5. The normalized spacial score (nSPS) is 22.9. The van der Waals surface area contributed by atoms with E-state index in [4.69, 9.17) is 14.2 Å². The summed E-state index contributed by atoms with van der Waals surface area (Å²) in [7, 11) is 0. The van der Waals surface area contributed by atoms with Crippen LogP contribution in [-0.4, -0.2) is 97.4 Å². The average molecular weight is 377 g/mol. The number of amides is 1. The van der Waals surface area contributed by atoms with E-state index in [1.54, 1.807) is 11.0 Å². The van der Waals surface area contributed by atoms with Gasteiger partial charge in [-0.3, -0.25) is 9.69 Å². The second kappa shape index (κ2) is 8.47. The summed E-state index contributed by atoms with van der Waals surface area (Å²) in [6.45, 7) is 7.75. The molecule has 0 saturated carbocycles. The predicted molar refractivity (Wildman–Crippen MR) is 97.6 cm³/mol. The van der Waals surface area contributed by atoms with Crippen LogP contribution in [0.25, 0.3) is 0 Å². The van der Waals surface area contributed by atoms with Crippen LogP contribution in [0, 0.1) is 0 Å². The van der Waals surface area contributed by atoms with Crippen LogP contribution in [0.15, 0.2) is 12.1 Å². The van der Waals surface area contributed by atoms with Gasteiger partial charge in [-0.25, -0.2) is 0 Å². The Hall–Kier alpha value is -1.81.